The number of hydrogen-bond donors (Lipinski definition) is 2. The van der Waals surface area contributed by atoms with Crippen molar-refractivity contribution in [1.82, 2.24) is 5.06 Å². The van der Waals surface area contributed by atoms with Crippen LogP contribution in [0.3, 0.4) is 0 Å². The van der Waals surface area contributed by atoms with E-state index in [-0.39, 0.29) is 6.04 Å². The van der Waals surface area contributed by atoms with Crippen molar-refractivity contribution in [3.05, 3.63) is 47.5 Å². The van der Waals surface area contributed by atoms with E-state index in [1.54, 1.807) is 0 Å². The van der Waals surface area contributed by atoms with Crippen molar-refractivity contribution in [1.29, 1.82) is 0 Å². The summed E-state index contributed by atoms with van der Waals surface area (Å²) < 4.78 is 0. The summed E-state index contributed by atoms with van der Waals surface area (Å²) in [4.78, 5) is 11.2. The molecular formula is C15H16N2O2. The van der Waals surface area contributed by atoms with Gasteiger partial charge in [0.2, 0.25) is 0 Å². The maximum Gasteiger partial charge on any atom is 0.339 e. The minimum absolute atomic E-state index is 0.328. The quantitative estimate of drug-likeness (QED) is 0.608. The number of hydrogen-bond acceptors (Lipinski definition) is 2. The summed E-state index contributed by atoms with van der Waals surface area (Å²) in [6.45, 7) is 0. The molecule has 0 fully saturated rings. The lowest BCUT2D eigenvalue weighted by Gasteiger charge is -2.31. The molecule has 2 aromatic rings. The number of primary amides is 1. The minimum atomic E-state index is -0.800. The topological polar surface area (TPSA) is 66.6 Å². The third kappa shape index (κ3) is 1.94. The van der Waals surface area contributed by atoms with E-state index in [2.05, 4.69) is 12.1 Å². The van der Waals surface area contributed by atoms with Gasteiger partial charge in [-0.3, -0.25) is 5.21 Å². The molecule has 0 saturated carbocycles. The van der Waals surface area contributed by atoms with Gasteiger partial charge in [0.25, 0.3) is 0 Å². The maximum absolute atomic E-state index is 11.2. The molecule has 19 heavy (non-hydrogen) atoms. The van der Waals surface area contributed by atoms with Crippen LogP contribution in [0.2, 0.25) is 0 Å². The van der Waals surface area contributed by atoms with Crippen LogP contribution in [0.1, 0.15) is 30.0 Å². The Bertz CT molecular complexity index is 639. The van der Waals surface area contributed by atoms with Crippen LogP contribution in [0.25, 0.3) is 10.8 Å². The zero-order valence-corrected chi connectivity index (χ0v) is 10.5. The van der Waals surface area contributed by atoms with Crippen molar-refractivity contribution in [3.8, 4) is 0 Å². The van der Waals surface area contributed by atoms with Crippen LogP contribution >= 0.6 is 0 Å². The normalized spacial score (nSPS) is 18.1. The summed E-state index contributed by atoms with van der Waals surface area (Å²) >= 11 is 0. The smallest absolute Gasteiger partial charge is 0.339 e. The van der Waals surface area contributed by atoms with Gasteiger partial charge < -0.3 is 5.73 Å². The van der Waals surface area contributed by atoms with Crippen molar-refractivity contribution >= 4 is 16.8 Å². The molecule has 0 saturated heterocycles. The Kier molecular flexibility index (Phi) is 2.87. The Morgan fingerprint density at radius 3 is 2.84 bits per heavy atom. The van der Waals surface area contributed by atoms with E-state index in [0.717, 1.165) is 24.8 Å². The summed E-state index contributed by atoms with van der Waals surface area (Å²) in [6, 6.07) is 11.1. The van der Waals surface area contributed by atoms with Gasteiger partial charge in [0.05, 0.1) is 6.04 Å². The fraction of sp³-hybridized carbons (Fsp3) is 0.267. The molecule has 0 heterocycles. The van der Waals surface area contributed by atoms with E-state index in [0.29, 0.717) is 5.06 Å². The molecule has 4 nitrogen and oxygen atoms in total. The van der Waals surface area contributed by atoms with Crippen molar-refractivity contribution in [2.24, 2.45) is 5.73 Å². The highest BCUT2D eigenvalue weighted by atomic mass is 16.5. The largest absolute Gasteiger partial charge is 0.350 e. The van der Waals surface area contributed by atoms with Crippen LogP contribution in [-0.2, 0) is 6.42 Å². The van der Waals surface area contributed by atoms with Crippen LogP contribution in [-0.4, -0.2) is 16.3 Å². The van der Waals surface area contributed by atoms with Crippen molar-refractivity contribution in [2.75, 3.05) is 0 Å². The number of nitrogens with two attached hydrogens (primary N) is 1. The molecular weight excluding hydrogens is 240 g/mol. The summed E-state index contributed by atoms with van der Waals surface area (Å²) in [5.41, 5.74) is 7.40. The molecule has 0 unspecified atom stereocenters. The van der Waals surface area contributed by atoms with Crippen LogP contribution < -0.4 is 5.73 Å². The fourth-order valence-corrected chi connectivity index (χ4v) is 2.98. The van der Waals surface area contributed by atoms with Gasteiger partial charge >= 0.3 is 6.03 Å². The predicted octanol–water partition coefficient (Wildman–Crippen LogP) is 2.99. The van der Waals surface area contributed by atoms with Crippen LogP contribution in [0.5, 0.6) is 0 Å². The van der Waals surface area contributed by atoms with Crippen molar-refractivity contribution in [3.63, 3.8) is 0 Å². The fourth-order valence-electron chi connectivity index (χ4n) is 2.98. The lowest BCUT2D eigenvalue weighted by atomic mass is 9.84. The molecule has 1 aliphatic carbocycles. The van der Waals surface area contributed by atoms with E-state index in [1.165, 1.54) is 16.3 Å². The first kappa shape index (κ1) is 12.0. The number of amides is 2. The molecule has 4 heteroatoms. The Labute approximate surface area is 111 Å². The number of urea groups is 1. The molecule has 98 valence electrons. The number of hydroxylamine groups is 2. The van der Waals surface area contributed by atoms with Gasteiger partial charge in [0.1, 0.15) is 0 Å². The zero-order chi connectivity index (χ0) is 13.4. The van der Waals surface area contributed by atoms with Gasteiger partial charge in [-0.1, -0.05) is 36.4 Å². The maximum atomic E-state index is 11.2. The lowest BCUT2D eigenvalue weighted by Crippen LogP contribution is -2.37. The van der Waals surface area contributed by atoms with E-state index in [4.69, 9.17) is 5.73 Å². The summed E-state index contributed by atoms with van der Waals surface area (Å²) in [5.74, 6) is 0. The molecule has 1 atom stereocenters. The summed E-state index contributed by atoms with van der Waals surface area (Å²) in [7, 11) is 0. The second kappa shape index (κ2) is 4.55. The standard InChI is InChI=1S/C15H16N2O2/c16-15(18)17(19)14-7-3-6-12-11-5-2-1-4-10(11)8-9-13(12)14/h1-2,4-5,8-9,14,19H,3,6-7H2,(H2,16,18)/t14-/m0/s1. The van der Waals surface area contributed by atoms with Crippen LogP contribution in [0, 0.1) is 0 Å². The molecule has 2 amide bonds. The molecule has 0 spiro atoms. The Morgan fingerprint density at radius 2 is 2.05 bits per heavy atom. The van der Waals surface area contributed by atoms with Gasteiger partial charge in [-0.2, -0.15) is 5.06 Å². The molecule has 0 radical (unpaired) electrons. The highest BCUT2D eigenvalue weighted by Gasteiger charge is 2.28. The first-order chi connectivity index (χ1) is 9.18. The van der Waals surface area contributed by atoms with Gasteiger partial charge in [0, 0.05) is 0 Å². The van der Waals surface area contributed by atoms with Crippen LogP contribution in [0.4, 0.5) is 4.79 Å². The van der Waals surface area contributed by atoms with Gasteiger partial charge in [-0.25, -0.2) is 4.79 Å². The van der Waals surface area contributed by atoms with Gasteiger partial charge in [-0.15, -0.1) is 0 Å². The number of fused-ring (bicyclic) bond motifs is 3. The second-order valence-electron chi connectivity index (χ2n) is 4.95. The van der Waals surface area contributed by atoms with Gasteiger partial charge in [-0.05, 0) is 41.2 Å². The summed E-state index contributed by atoms with van der Waals surface area (Å²) in [6.07, 6.45) is 2.65. The third-order valence-corrected chi connectivity index (χ3v) is 3.86. The zero-order valence-electron chi connectivity index (χ0n) is 10.5. The molecule has 0 aliphatic heterocycles. The molecule has 2 aromatic carbocycles. The number of benzene rings is 2. The van der Waals surface area contributed by atoms with Crippen molar-refractivity contribution in [2.45, 2.75) is 25.3 Å². The molecule has 3 rings (SSSR count). The molecule has 1 aliphatic rings. The highest BCUT2D eigenvalue weighted by molar-refractivity contribution is 5.87. The SMILES string of the molecule is NC(=O)N(O)[C@H]1CCCc2c1ccc1ccccc21. The first-order valence-electron chi connectivity index (χ1n) is 6.46. The average Bonchev–Trinajstić information content (AvgIpc) is 2.45. The number of nitrogens with zero attached hydrogens (tertiary/aromatic N) is 1. The molecule has 0 aromatic heterocycles. The summed E-state index contributed by atoms with van der Waals surface area (Å²) in [5, 5.41) is 12.9. The number of rotatable bonds is 1. The average molecular weight is 256 g/mol. The first-order valence-corrected chi connectivity index (χ1v) is 6.46. The monoisotopic (exact) mass is 256 g/mol. The van der Waals surface area contributed by atoms with E-state index >= 15 is 0 Å². The van der Waals surface area contributed by atoms with Crippen LogP contribution in [0.15, 0.2) is 36.4 Å². The minimum Gasteiger partial charge on any atom is -0.350 e. The molecule has 0 bridgehead atoms. The Hall–Kier alpha value is -2.07. The third-order valence-electron chi connectivity index (χ3n) is 3.86. The number of carbonyl (C=O) groups is 1. The Balaban J connectivity index is 2.15. The van der Waals surface area contributed by atoms with Crippen molar-refractivity contribution < 1.29 is 10.0 Å². The van der Waals surface area contributed by atoms with Gasteiger partial charge in [0.15, 0.2) is 0 Å². The molecule has 3 N–H and O–H groups in total. The number of aryl methyl sites for hydroxylation is 1. The van der Waals surface area contributed by atoms with E-state index in [1.807, 2.05) is 24.3 Å². The highest BCUT2D eigenvalue weighted by Crippen LogP contribution is 2.37. The van der Waals surface area contributed by atoms with E-state index in [9.17, 15) is 10.0 Å². The number of carbonyl (C=O) groups excluding carboxylic acids is 1. The predicted molar refractivity (Wildman–Crippen MR) is 72.8 cm³/mol. The lowest BCUT2D eigenvalue weighted by molar-refractivity contribution is -0.0807. The second-order valence-corrected chi connectivity index (χ2v) is 4.95. The Morgan fingerprint density at radius 1 is 1.26 bits per heavy atom. The van der Waals surface area contributed by atoms with E-state index < -0.39 is 6.03 Å².